The van der Waals surface area contributed by atoms with Crippen LogP contribution in [-0.4, -0.2) is 43.8 Å². The van der Waals surface area contributed by atoms with E-state index in [1.165, 1.54) is 37.8 Å². The highest BCUT2D eigenvalue weighted by Crippen LogP contribution is 2.41. The molecule has 1 fully saturated rings. The molecule has 170 valence electrons. The van der Waals surface area contributed by atoms with Crippen LogP contribution in [0.4, 0.5) is 4.39 Å². The molecule has 0 saturated heterocycles. The molecule has 0 atom stereocenters. The fraction of sp³-hybridized carbons (Fsp3) is 0.583. The number of aliphatic imine (C=N–C) groups is 1. The number of halogens is 1. The number of nitrogens with zero attached hydrogens (tertiary/aromatic N) is 2. The van der Waals surface area contributed by atoms with Gasteiger partial charge in [-0.15, -0.1) is 0 Å². The van der Waals surface area contributed by atoms with Gasteiger partial charge in [-0.2, -0.15) is 0 Å². The van der Waals surface area contributed by atoms with Crippen molar-refractivity contribution in [2.45, 2.75) is 52.4 Å². The van der Waals surface area contributed by atoms with Gasteiger partial charge in [0.05, 0.1) is 5.69 Å². The van der Waals surface area contributed by atoms with Gasteiger partial charge in [0.1, 0.15) is 12.1 Å². The van der Waals surface area contributed by atoms with Crippen LogP contribution < -0.4 is 10.6 Å². The van der Waals surface area contributed by atoms with Gasteiger partial charge in [-0.1, -0.05) is 12.8 Å². The summed E-state index contributed by atoms with van der Waals surface area (Å²) in [6.07, 6.45) is 8.48. The van der Waals surface area contributed by atoms with Gasteiger partial charge in [-0.3, -0.25) is 4.99 Å². The number of hydrogen-bond donors (Lipinski definition) is 2. The van der Waals surface area contributed by atoms with Crippen molar-refractivity contribution in [1.29, 1.82) is 0 Å². The first kappa shape index (κ1) is 23.3. The molecular formula is C24H35FN4O2. The summed E-state index contributed by atoms with van der Waals surface area (Å²) in [6.45, 7) is 8.05. The molecule has 3 rings (SSSR count). The number of aromatic nitrogens is 1. The third kappa shape index (κ3) is 7.06. The van der Waals surface area contributed by atoms with E-state index in [0.717, 1.165) is 49.9 Å². The second kappa shape index (κ2) is 11.8. The third-order valence-corrected chi connectivity index (χ3v) is 5.88. The molecule has 1 aliphatic carbocycles. The molecule has 2 N–H and O–H groups in total. The molecule has 1 aromatic heterocycles. The van der Waals surface area contributed by atoms with E-state index in [0.29, 0.717) is 18.9 Å². The van der Waals surface area contributed by atoms with Crippen molar-refractivity contribution in [1.82, 2.24) is 15.6 Å². The minimum atomic E-state index is -0.271. The van der Waals surface area contributed by atoms with E-state index in [9.17, 15) is 4.39 Å². The van der Waals surface area contributed by atoms with Crippen molar-refractivity contribution in [2.75, 3.05) is 32.8 Å². The summed E-state index contributed by atoms with van der Waals surface area (Å²) in [5, 5.41) is 6.75. The number of rotatable bonds is 11. The number of nitrogens with one attached hydrogen (secondary N) is 2. The van der Waals surface area contributed by atoms with Crippen LogP contribution in [0.3, 0.4) is 0 Å². The van der Waals surface area contributed by atoms with Crippen LogP contribution in [0.25, 0.3) is 11.5 Å². The molecule has 7 heteroatoms. The van der Waals surface area contributed by atoms with Gasteiger partial charge < -0.3 is 19.8 Å². The molecule has 0 radical (unpaired) electrons. The fourth-order valence-electron chi connectivity index (χ4n) is 4.09. The van der Waals surface area contributed by atoms with Gasteiger partial charge in [-0.05, 0) is 62.8 Å². The van der Waals surface area contributed by atoms with Crippen molar-refractivity contribution in [2.24, 2.45) is 10.4 Å². The Labute approximate surface area is 184 Å². The molecule has 0 spiro atoms. The molecule has 2 aromatic rings. The van der Waals surface area contributed by atoms with Crippen molar-refractivity contribution >= 4 is 5.96 Å². The lowest BCUT2D eigenvalue weighted by Crippen LogP contribution is -2.39. The SMILES string of the molecule is CCNC(=NCC1(CCOCC)CCCC1)NCCc1coc(-c2ccc(F)cc2)n1. The normalized spacial score (nSPS) is 15.9. The summed E-state index contributed by atoms with van der Waals surface area (Å²) >= 11 is 0. The second-order valence-electron chi connectivity index (χ2n) is 8.18. The van der Waals surface area contributed by atoms with Crippen LogP contribution in [0.1, 0.15) is 51.6 Å². The Kier molecular flexibility index (Phi) is 8.88. The minimum Gasteiger partial charge on any atom is -0.444 e. The van der Waals surface area contributed by atoms with Gasteiger partial charge in [-0.25, -0.2) is 9.37 Å². The van der Waals surface area contributed by atoms with Gasteiger partial charge in [0.25, 0.3) is 0 Å². The van der Waals surface area contributed by atoms with Crippen LogP contribution in [0.15, 0.2) is 39.9 Å². The maximum atomic E-state index is 13.1. The Morgan fingerprint density at radius 1 is 1.19 bits per heavy atom. The highest BCUT2D eigenvalue weighted by Gasteiger charge is 2.33. The van der Waals surface area contributed by atoms with E-state index in [-0.39, 0.29) is 11.2 Å². The standard InChI is InChI=1S/C24H35FN4O2/c1-3-26-23(28-18-24(12-5-6-13-24)14-16-30-4-2)27-15-11-21-17-31-22(29-21)19-7-9-20(25)10-8-19/h7-10,17H,3-6,11-16,18H2,1-2H3,(H2,26,27,28). The zero-order valence-electron chi connectivity index (χ0n) is 18.8. The maximum Gasteiger partial charge on any atom is 0.226 e. The highest BCUT2D eigenvalue weighted by molar-refractivity contribution is 5.79. The largest absolute Gasteiger partial charge is 0.444 e. The van der Waals surface area contributed by atoms with Crippen LogP contribution in [0.5, 0.6) is 0 Å². The number of oxazole rings is 1. The van der Waals surface area contributed by atoms with Crippen molar-refractivity contribution in [3.8, 4) is 11.5 Å². The Bertz CT molecular complexity index is 813. The minimum absolute atomic E-state index is 0.271. The number of benzene rings is 1. The van der Waals surface area contributed by atoms with Gasteiger partial charge >= 0.3 is 0 Å². The molecule has 0 aliphatic heterocycles. The maximum absolute atomic E-state index is 13.1. The lowest BCUT2D eigenvalue weighted by Gasteiger charge is -2.27. The third-order valence-electron chi connectivity index (χ3n) is 5.88. The van der Waals surface area contributed by atoms with Gasteiger partial charge in [0, 0.05) is 44.8 Å². The lowest BCUT2D eigenvalue weighted by atomic mass is 9.83. The number of guanidine groups is 1. The Balaban J connectivity index is 1.52. The van der Waals surface area contributed by atoms with Crippen molar-refractivity contribution < 1.29 is 13.5 Å². The summed E-state index contributed by atoms with van der Waals surface area (Å²) in [5.41, 5.74) is 1.89. The Morgan fingerprint density at radius 3 is 2.68 bits per heavy atom. The molecule has 31 heavy (non-hydrogen) atoms. The fourth-order valence-corrected chi connectivity index (χ4v) is 4.09. The molecular weight excluding hydrogens is 395 g/mol. The molecule has 0 amide bonds. The molecule has 1 heterocycles. The summed E-state index contributed by atoms with van der Waals surface area (Å²) in [7, 11) is 0. The summed E-state index contributed by atoms with van der Waals surface area (Å²) in [4.78, 5) is 9.41. The predicted molar refractivity (Wildman–Crippen MR) is 122 cm³/mol. The van der Waals surface area contributed by atoms with E-state index in [1.807, 2.05) is 6.92 Å². The average molecular weight is 431 g/mol. The molecule has 1 aromatic carbocycles. The summed E-state index contributed by atoms with van der Waals surface area (Å²) < 4.78 is 24.3. The van der Waals surface area contributed by atoms with E-state index in [2.05, 4.69) is 22.5 Å². The Morgan fingerprint density at radius 2 is 1.97 bits per heavy atom. The molecule has 1 aliphatic rings. The van der Waals surface area contributed by atoms with Gasteiger partial charge in [0.15, 0.2) is 5.96 Å². The first-order chi connectivity index (χ1) is 15.1. The molecule has 0 bridgehead atoms. The predicted octanol–water partition coefficient (Wildman–Crippen LogP) is 4.57. The monoisotopic (exact) mass is 430 g/mol. The van der Waals surface area contributed by atoms with Gasteiger partial charge in [0.2, 0.25) is 5.89 Å². The van der Waals surface area contributed by atoms with Crippen LogP contribution in [0, 0.1) is 11.2 Å². The first-order valence-corrected chi connectivity index (χ1v) is 11.4. The lowest BCUT2D eigenvalue weighted by molar-refractivity contribution is 0.107. The van der Waals surface area contributed by atoms with E-state index >= 15 is 0 Å². The van der Waals surface area contributed by atoms with E-state index < -0.39 is 0 Å². The number of hydrogen-bond acceptors (Lipinski definition) is 4. The molecule has 1 saturated carbocycles. The van der Waals surface area contributed by atoms with Crippen molar-refractivity contribution in [3.63, 3.8) is 0 Å². The molecule has 6 nitrogen and oxygen atoms in total. The number of ether oxygens (including phenoxy) is 1. The average Bonchev–Trinajstić information content (AvgIpc) is 3.43. The van der Waals surface area contributed by atoms with Crippen LogP contribution >= 0.6 is 0 Å². The van der Waals surface area contributed by atoms with Crippen LogP contribution in [-0.2, 0) is 11.2 Å². The summed E-state index contributed by atoms with van der Waals surface area (Å²) in [6, 6.07) is 6.16. The zero-order valence-corrected chi connectivity index (χ0v) is 18.8. The first-order valence-electron chi connectivity index (χ1n) is 11.4. The smallest absolute Gasteiger partial charge is 0.226 e. The summed E-state index contributed by atoms with van der Waals surface area (Å²) in [5.74, 6) is 1.08. The zero-order chi connectivity index (χ0) is 21.9. The highest BCUT2D eigenvalue weighted by atomic mass is 19.1. The van der Waals surface area contributed by atoms with Crippen molar-refractivity contribution in [3.05, 3.63) is 42.0 Å². The quantitative estimate of drug-likeness (QED) is 0.311. The second-order valence-corrected chi connectivity index (χ2v) is 8.18. The van der Waals surface area contributed by atoms with E-state index in [1.54, 1.807) is 18.4 Å². The van der Waals surface area contributed by atoms with E-state index in [4.69, 9.17) is 14.1 Å². The van der Waals surface area contributed by atoms with Crippen LogP contribution in [0.2, 0.25) is 0 Å². The Hall–Kier alpha value is -2.41. The topological polar surface area (TPSA) is 71.7 Å². The molecule has 0 unspecified atom stereocenters.